The molecule has 1 saturated heterocycles. The van der Waals surface area contributed by atoms with Crippen LogP contribution in [0.4, 0.5) is 29.3 Å². The van der Waals surface area contributed by atoms with E-state index in [1.807, 2.05) is 0 Å². The summed E-state index contributed by atoms with van der Waals surface area (Å²) in [5, 5.41) is 2.71. The first kappa shape index (κ1) is 19.1. The number of aryl methyl sites for hydroxylation is 1. The summed E-state index contributed by atoms with van der Waals surface area (Å²) in [6, 6.07) is 10.6. The molecule has 0 bridgehead atoms. The van der Waals surface area contributed by atoms with Gasteiger partial charge in [0, 0.05) is 36.6 Å². The van der Waals surface area contributed by atoms with Crippen LogP contribution in [0.3, 0.4) is 0 Å². The minimum absolute atomic E-state index is 0.213. The lowest BCUT2D eigenvalue weighted by atomic mass is 10.00. The quantitative estimate of drug-likeness (QED) is 0.847. The molecule has 2 aliphatic rings. The standard InChI is InChI=1S/C20H18F3N3O3/c21-20(22,23)29-16-6-7-17-13(12-16)4-2-9-26(17)18(27)14-3-1-5-15(11-14)25-10-8-24-19(25)28/h1,3,5-7,11-12H,2,4,8-10H2,(H,24,28). The van der Waals surface area contributed by atoms with Crippen LogP contribution in [0.15, 0.2) is 42.5 Å². The number of amides is 3. The van der Waals surface area contributed by atoms with Crippen LogP contribution in [0.25, 0.3) is 0 Å². The lowest BCUT2D eigenvalue weighted by Gasteiger charge is -2.30. The van der Waals surface area contributed by atoms with Gasteiger partial charge >= 0.3 is 12.4 Å². The van der Waals surface area contributed by atoms with Crippen molar-refractivity contribution in [1.82, 2.24) is 5.32 Å². The Kier molecular flexibility index (Phi) is 4.81. The summed E-state index contributed by atoms with van der Waals surface area (Å²) in [5.41, 5.74) is 2.23. The number of nitrogens with one attached hydrogen (secondary N) is 1. The van der Waals surface area contributed by atoms with Crippen LogP contribution < -0.4 is 19.9 Å². The largest absolute Gasteiger partial charge is 0.573 e. The zero-order chi connectivity index (χ0) is 20.6. The van der Waals surface area contributed by atoms with E-state index in [1.165, 1.54) is 18.2 Å². The average molecular weight is 405 g/mol. The van der Waals surface area contributed by atoms with Crippen LogP contribution in [0.5, 0.6) is 5.75 Å². The zero-order valence-electron chi connectivity index (χ0n) is 15.3. The van der Waals surface area contributed by atoms with Gasteiger partial charge in [-0.25, -0.2) is 4.79 Å². The van der Waals surface area contributed by atoms with E-state index in [-0.39, 0.29) is 17.7 Å². The van der Waals surface area contributed by atoms with E-state index in [9.17, 15) is 22.8 Å². The summed E-state index contributed by atoms with van der Waals surface area (Å²) in [5.74, 6) is -0.565. The first-order valence-electron chi connectivity index (χ1n) is 9.18. The Morgan fingerprint density at radius 1 is 1.10 bits per heavy atom. The number of hydrogen-bond donors (Lipinski definition) is 1. The van der Waals surface area contributed by atoms with E-state index in [1.54, 1.807) is 34.1 Å². The normalized spacial score (nSPS) is 16.4. The van der Waals surface area contributed by atoms with Gasteiger partial charge in [0.05, 0.1) is 0 Å². The van der Waals surface area contributed by atoms with Crippen molar-refractivity contribution in [2.45, 2.75) is 19.2 Å². The Bertz CT molecular complexity index is 961. The van der Waals surface area contributed by atoms with Crippen molar-refractivity contribution in [2.75, 3.05) is 29.4 Å². The molecular weight excluding hydrogens is 387 g/mol. The van der Waals surface area contributed by atoms with Crippen LogP contribution in [0.2, 0.25) is 0 Å². The SMILES string of the molecule is O=C1NCCN1c1cccc(C(=O)N2CCCc3cc(OC(F)(F)F)ccc32)c1. The fourth-order valence-electron chi connectivity index (χ4n) is 3.66. The Hall–Kier alpha value is -3.23. The van der Waals surface area contributed by atoms with Crippen molar-refractivity contribution >= 4 is 23.3 Å². The lowest BCUT2D eigenvalue weighted by molar-refractivity contribution is -0.274. The number of urea groups is 1. The van der Waals surface area contributed by atoms with Gasteiger partial charge in [-0.2, -0.15) is 0 Å². The second-order valence-electron chi connectivity index (χ2n) is 6.83. The molecule has 0 spiro atoms. The monoisotopic (exact) mass is 405 g/mol. The molecular formula is C20H18F3N3O3. The van der Waals surface area contributed by atoms with Crippen molar-refractivity contribution in [3.63, 3.8) is 0 Å². The maximum Gasteiger partial charge on any atom is 0.573 e. The van der Waals surface area contributed by atoms with Crippen LogP contribution in [0.1, 0.15) is 22.3 Å². The number of carbonyl (C=O) groups excluding carboxylic acids is 2. The molecule has 0 unspecified atom stereocenters. The molecule has 0 saturated carbocycles. The third kappa shape index (κ3) is 3.98. The van der Waals surface area contributed by atoms with Crippen LogP contribution in [-0.4, -0.2) is 37.9 Å². The molecule has 2 heterocycles. The molecule has 9 heteroatoms. The smallest absolute Gasteiger partial charge is 0.406 e. The third-order valence-electron chi connectivity index (χ3n) is 4.91. The molecule has 6 nitrogen and oxygen atoms in total. The van der Waals surface area contributed by atoms with Gasteiger partial charge in [-0.05, 0) is 54.8 Å². The highest BCUT2D eigenvalue weighted by molar-refractivity contribution is 6.08. The fraction of sp³-hybridized carbons (Fsp3) is 0.300. The fourth-order valence-corrected chi connectivity index (χ4v) is 3.66. The Balaban J connectivity index is 1.60. The van der Waals surface area contributed by atoms with Crippen LogP contribution in [-0.2, 0) is 6.42 Å². The Labute approximate surface area is 164 Å². The second kappa shape index (κ2) is 7.31. The van der Waals surface area contributed by atoms with Gasteiger partial charge in [0.15, 0.2) is 0 Å². The predicted molar refractivity (Wildman–Crippen MR) is 100 cm³/mol. The molecule has 3 amide bonds. The van der Waals surface area contributed by atoms with E-state index in [2.05, 4.69) is 10.1 Å². The summed E-state index contributed by atoms with van der Waals surface area (Å²) in [6.07, 6.45) is -3.58. The predicted octanol–water partition coefficient (Wildman–Crippen LogP) is 3.71. The number of halogens is 3. The number of anilines is 2. The number of alkyl halides is 3. The Morgan fingerprint density at radius 2 is 1.93 bits per heavy atom. The molecule has 1 fully saturated rings. The molecule has 4 rings (SSSR count). The number of hydrogen-bond acceptors (Lipinski definition) is 3. The summed E-state index contributed by atoms with van der Waals surface area (Å²) >= 11 is 0. The molecule has 2 aromatic rings. The molecule has 2 aliphatic heterocycles. The summed E-state index contributed by atoms with van der Waals surface area (Å²) in [7, 11) is 0. The van der Waals surface area contributed by atoms with E-state index >= 15 is 0 Å². The van der Waals surface area contributed by atoms with Crippen molar-refractivity contribution in [2.24, 2.45) is 0 Å². The lowest BCUT2D eigenvalue weighted by Crippen LogP contribution is -2.35. The molecule has 0 aliphatic carbocycles. The highest BCUT2D eigenvalue weighted by atomic mass is 19.4. The summed E-state index contributed by atoms with van der Waals surface area (Å²) in [6.45, 7) is 1.52. The Morgan fingerprint density at radius 3 is 2.66 bits per heavy atom. The number of fused-ring (bicyclic) bond motifs is 1. The third-order valence-corrected chi connectivity index (χ3v) is 4.91. The van der Waals surface area contributed by atoms with Crippen molar-refractivity contribution in [3.05, 3.63) is 53.6 Å². The first-order chi connectivity index (χ1) is 13.8. The minimum Gasteiger partial charge on any atom is -0.406 e. The number of carbonyl (C=O) groups is 2. The second-order valence-corrected chi connectivity index (χ2v) is 6.83. The van der Waals surface area contributed by atoms with Gasteiger partial charge in [0.1, 0.15) is 5.75 Å². The van der Waals surface area contributed by atoms with E-state index < -0.39 is 6.36 Å². The average Bonchev–Trinajstić information content (AvgIpc) is 3.11. The summed E-state index contributed by atoms with van der Waals surface area (Å²) in [4.78, 5) is 28.1. The zero-order valence-corrected chi connectivity index (χ0v) is 15.3. The minimum atomic E-state index is -4.76. The van der Waals surface area contributed by atoms with E-state index in [0.717, 1.165) is 0 Å². The molecule has 0 radical (unpaired) electrons. The van der Waals surface area contributed by atoms with Crippen LogP contribution >= 0.6 is 0 Å². The number of benzene rings is 2. The van der Waals surface area contributed by atoms with Crippen molar-refractivity contribution in [1.29, 1.82) is 0 Å². The first-order valence-corrected chi connectivity index (χ1v) is 9.18. The van der Waals surface area contributed by atoms with Crippen molar-refractivity contribution in [3.8, 4) is 5.75 Å². The highest BCUT2D eigenvalue weighted by Crippen LogP contribution is 2.34. The maximum atomic E-state index is 13.1. The number of rotatable bonds is 3. The molecule has 0 atom stereocenters. The van der Waals surface area contributed by atoms with E-state index in [4.69, 9.17) is 0 Å². The topological polar surface area (TPSA) is 61.9 Å². The molecule has 29 heavy (non-hydrogen) atoms. The van der Waals surface area contributed by atoms with E-state index in [0.29, 0.717) is 55.0 Å². The van der Waals surface area contributed by atoms with Crippen LogP contribution in [0, 0.1) is 0 Å². The van der Waals surface area contributed by atoms with Gasteiger partial charge in [-0.3, -0.25) is 9.69 Å². The highest BCUT2D eigenvalue weighted by Gasteiger charge is 2.32. The number of ether oxygens (including phenoxy) is 1. The van der Waals surface area contributed by atoms with Gasteiger partial charge in [0.25, 0.3) is 5.91 Å². The molecule has 152 valence electrons. The van der Waals surface area contributed by atoms with Gasteiger partial charge in [0.2, 0.25) is 0 Å². The number of nitrogens with zero attached hydrogens (tertiary/aromatic N) is 2. The van der Waals surface area contributed by atoms with Crippen molar-refractivity contribution < 1.29 is 27.5 Å². The molecule has 1 N–H and O–H groups in total. The van der Waals surface area contributed by atoms with Gasteiger partial charge in [-0.1, -0.05) is 6.07 Å². The molecule has 0 aromatic heterocycles. The van der Waals surface area contributed by atoms with Gasteiger partial charge < -0.3 is 15.0 Å². The van der Waals surface area contributed by atoms with Gasteiger partial charge in [-0.15, -0.1) is 13.2 Å². The molecule has 2 aromatic carbocycles. The maximum absolute atomic E-state index is 13.1. The summed E-state index contributed by atoms with van der Waals surface area (Å²) < 4.78 is 41.4.